The molecule has 3 rings (SSSR count). The zero-order valence-electron chi connectivity index (χ0n) is 16.9. The van der Waals surface area contributed by atoms with E-state index < -0.39 is 17.6 Å². The van der Waals surface area contributed by atoms with Gasteiger partial charge in [-0.05, 0) is 25.0 Å². The predicted molar refractivity (Wildman–Crippen MR) is 108 cm³/mol. The summed E-state index contributed by atoms with van der Waals surface area (Å²) in [5.41, 5.74) is -0.209. The Hall–Kier alpha value is -3.36. The van der Waals surface area contributed by atoms with Gasteiger partial charge in [0.25, 0.3) is 11.8 Å². The van der Waals surface area contributed by atoms with E-state index in [0.29, 0.717) is 25.9 Å². The summed E-state index contributed by atoms with van der Waals surface area (Å²) in [6.45, 7) is 4.86. The van der Waals surface area contributed by atoms with Gasteiger partial charge < -0.3 is 15.5 Å². The summed E-state index contributed by atoms with van der Waals surface area (Å²) >= 11 is 0. The van der Waals surface area contributed by atoms with Crippen molar-refractivity contribution in [3.8, 4) is 0 Å². The molecule has 0 radical (unpaired) electrons. The predicted octanol–water partition coefficient (Wildman–Crippen LogP) is 2.24. The van der Waals surface area contributed by atoms with Crippen LogP contribution < -0.4 is 10.6 Å². The highest BCUT2D eigenvalue weighted by Crippen LogP contribution is 2.16. The van der Waals surface area contributed by atoms with E-state index in [1.165, 1.54) is 30.6 Å². The Kier molecular flexibility index (Phi) is 6.71. The minimum absolute atomic E-state index is 0.0457. The first kappa shape index (κ1) is 21.4. The maximum absolute atomic E-state index is 13.8. The Balaban J connectivity index is 1.64. The van der Waals surface area contributed by atoms with Gasteiger partial charge in [-0.15, -0.1) is 0 Å². The highest BCUT2D eigenvalue weighted by molar-refractivity contribution is 6.07. The molecule has 30 heavy (non-hydrogen) atoms. The van der Waals surface area contributed by atoms with E-state index in [1.54, 1.807) is 11.0 Å². The van der Waals surface area contributed by atoms with Gasteiger partial charge in [-0.25, -0.2) is 14.4 Å². The van der Waals surface area contributed by atoms with Gasteiger partial charge in [0, 0.05) is 37.4 Å². The summed E-state index contributed by atoms with van der Waals surface area (Å²) in [6, 6.07) is 5.42. The van der Waals surface area contributed by atoms with E-state index in [9.17, 15) is 18.8 Å². The first-order chi connectivity index (χ1) is 14.4. The first-order valence-corrected chi connectivity index (χ1v) is 9.83. The topological polar surface area (TPSA) is 104 Å². The second kappa shape index (κ2) is 9.43. The third-order valence-corrected chi connectivity index (χ3v) is 4.90. The van der Waals surface area contributed by atoms with Crippen molar-refractivity contribution in [1.29, 1.82) is 0 Å². The molecule has 0 bridgehead atoms. The quantitative estimate of drug-likeness (QED) is 0.782. The fourth-order valence-electron chi connectivity index (χ4n) is 3.28. The van der Waals surface area contributed by atoms with Crippen molar-refractivity contribution in [3.05, 3.63) is 53.7 Å². The van der Waals surface area contributed by atoms with Gasteiger partial charge in [-0.3, -0.25) is 14.4 Å². The highest BCUT2D eigenvalue weighted by Gasteiger charge is 2.27. The van der Waals surface area contributed by atoms with Crippen LogP contribution in [0.5, 0.6) is 0 Å². The van der Waals surface area contributed by atoms with Crippen LogP contribution in [0.3, 0.4) is 0 Å². The average molecular weight is 413 g/mol. The maximum Gasteiger partial charge on any atom is 0.273 e. The summed E-state index contributed by atoms with van der Waals surface area (Å²) in [5, 5.41) is 5.34. The lowest BCUT2D eigenvalue weighted by atomic mass is 10.0. The van der Waals surface area contributed by atoms with Crippen molar-refractivity contribution in [2.45, 2.75) is 32.7 Å². The molecule has 0 spiro atoms. The molecule has 3 amide bonds. The number of nitrogens with one attached hydrogen (secondary N) is 2. The van der Waals surface area contributed by atoms with Crippen molar-refractivity contribution < 1.29 is 18.8 Å². The number of aromatic nitrogens is 2. The number of piperidine rings is 1. The zero-order chi connectivity index (χ0) is 21.7. The summed E-state index contributed by atoms with van der Waals surface area (Å²) in [6.07, 6.45) is 3.93. The van der Waals surface area contributed by atoms with Crippen molar-refractivity contribution in [3.63, 3.8) is 0 Å². The molecule has 2 aromatic rings. The molecule has 0 unspecified atom stereocenters. The maximum atomic E-state index is 13.8. The Morgan fingerprint density at radius 2 is 1.73 bits per heavy atom. The van der Waals surface area contributed by atoms with Gasteiger partial charge in [0.15, 0.2) is 11.5 Å². The molecule has 0 saturated carbocycles. The van der Waals surface area contributed by atoms with E-state index in [0.717, 1.165) is 0 Å². The number of likely N-dealkylation sites (tertiary alicyclic amines) is 1. The number of carbonyl (C=O) groups excluding carboxylic acids is 3. The molecule has 9 heteroatoms. The number of carbonyl (C=O) groups is 3. The minimum atomic E-state index is -0.719. The van der Waals surface area contributed by atoms with Crippen LogP contribution in [-0.4, -0.2) is 51.7 Å². The van der Waals surface area contributed by atoms with E-state index >= 15 is 0 Å². The van der Waals surface area contributed by atoms with Gasteiger partial charge in [-0.1, -0.05) is 26.0 Å². The van der Waals surface area contributed by atoms with Crippen molar-refractivity contribution in [2.24, 2.45) is 5.92 Å². The van der Waals surface area contributed by atoms with Crippen LogP contribution in [0.1, 0.15) is 47.5 Å². The molecule has 1 aromatic heterocycles. The minimum Gasteiger partial charge on any atom is -0.348 e. The molecule has 8 nitrogen and oxygen atoms in total. The number of benzene rings is 1. The van der Waals surface area contributed by atoms with Crippen LogP contribution in [0.25, 0.3) is 0 Å². The summed E-state index contributed by atoms with van der Waals surface area (Å²) in [4.78, 5) is 47.0. The van der Waals surface area contributed by atoms with Crippen molar-refractivity contribution in [1.82, 2.24) is 20.2 Å². The number of hydrogen-bond acceptors (Lipinski definition) is 5. The molecular weight excluding hydrogens is 389 g/mol. The molecule has 1 saturated heterocycles. The third-order valence-electron chi connectivity index (χ3n) is 4.90. The van der Waals surface area contributed by atoms with E-state index in [4.69, 9.17) is 0 Å². The Morgan fingerprint density at radius 3 is 2.40 bits per heavy atom. The molecule has 1 aromatic carbocycles. The molecule has 2 heterocycles. The lowest BCUT2D eigenvalue weighted by Crippen LogP contribution is -2.47. The lowest BCUT2D eigenvalue weighted by Gasteiger charge is -2.33. The SMILES string of the molecule is CC(C)C(=O)N1CCC(NC(=O)c2nccnc2NC(=O)c2ccccc2F)CC1. The number of nitrogens with zero attached hydrogens (tertiary/aromatic N) is 3. The zero-order valence-corrected chi connectivity index (χ0v) is 16.9. The van der Waals surface area contributed by atoms with Crippen molar-refractivity contribution in [2.75, 3.05) is 18.4 Å². The fraction of sp³-hybridized carbons (Fsp3) is 0.381. The second-order valence-electron chi connectivity index (χ2n) is 7.42. The molecule has 0 atom stereocenters. The van der Waals surface area contributed by atoms with Gasteiger partial charge in [0.1, 0.15) is 5.82 Å². The van der Waals surface area contributed by atoms with Gasteiger partial charge in [0.05, 0.1) is 5.56 Å². The van der Waals surface area contributed by atoms with Crippen LogP contribution in [0.15, 0.2) is 36.7 Å². The van der Waals surface area contributed by atoms with E-state index in [1.807, 2.05) is 13.8 Å². The molecule has 2 N–H and O–H groups in total. The summed E-state index contributed by atoms with van der Waals surface area (Å²) < 4.78 is 13.8. The molecular formula is C21H24FN5O3. The van der Waals surface area contributed by atoms with Gasteiger partial charge in [-0.2, -0.15) is 0 Å². The second-order valence-corrected chi connectivity index (χ2v) is 7.42. The average Bonchev–Trinajstić information content (AvgIpc) is 2.74. The molecule has 158 valence electrons. The van der Waals surface area contributed by atoms with Crippen LogP contribution >= 0.6 is 0 Å². The monoisotopic (exact) mass is 413 g/mol. The number of hydrogen-bond donors (Lipinski definition) is 2. The van der Waals surface area contributed by atoms with Crippen LogP contribution in [0, 0.1) is 11.7 Å². The summed E-state index contributed by atoms with van der Waals surface area (Å²) in [7, 11) is 0. The fourth-order valence-corrected chi connectivity index (χ4v) is 3.28. The number of halogens is 1. The molecule has 1 fully saturated rings. The Labute approximate surface area is 173 Å². The standard InChI is InChI=1S/C21H24FN5O3/c1-13(2)21(30)27-11-7-14(8-12-27)25-20(29)17-18(24-10-9-23-17)26-19(28)15-5-3-4-6-16(15)22/h3-6,9-10,13-14H,7-8,11-12H2,1-2H3,(H,25,29)(H,24,26,28). The highest BCUT2D eigenvalue weighted by atomic mass is 19.1. The molecule has 1 aliphatic heterocycles. The van der Waals surface area contributed by atoms with E-state index in [-0.39, 0.29) is 34.9 Å². The van der Waals surface area contributed by atoms with Gasteiger partial charge in [0.2, 0.25) is 5.91 Å². The molecule has 0 aliphatic carbocycles. The number of anilines is 1. The van der Waals surface area contributed by atoms with Crippen molar-refractivity contribution >= 4 is 23.5 Å². The lowest BCUT2D eigenvalue weighted by molar-refractivity contribution is -0.135. The largest absolute Gasteiger partial charge is 0.348 e. The van der Waals surface area contributed by atoms with Crippen LogP contribution in [0.4, 0.5) is 10.2 Å². The summed E-state index contributed by atoms with van der Waals surface area (Å²) in [5.74, 6) is -1.88. The Bertz CT molecular complexity index is 942. The third kappa shape index (κ3) is 4.97. The number of amides is 3. The Morgan fingerprint density at radius 1 is 1.07 bits per heavy atom. The molecule has 1 aliphatic rings. The first-order valence-electron chi connectivity index (χ1n) is 9.83. The smallest absolute Gasteiger partial charge is 0.273 e. The van der Waals surface area contributed by atoms with E-state index in [2.05, 4.69) is 20.6 Å². The van der Waals surface area contributed by atoms with Crippen LogP contribution in [0.2, 0.25) is 0 Å². The number of rotatable bonds is 5. The van der Waals surface area contributed by atoms with Gasteiger partial charge >= 0.3 is 0 Å². The van der Waals surface area contributed by atoms with Crippen LogP contribution in [-0.2, 0) is 4.79 Å². The normalized spacial score (nSPS) is 14.5.